The molecule has 0 aliphatic rings. The number of esters is 1. The Morgan fingerprint density at radius 2 is 2.00 bits per heavy atom. The molecule has 2 rings (SSSR count). The van der Waals surface area contributed by atoms with Crippen LogP contribution >= 0.6 is 0 Å². The van der Waals surface area contributed by atoms with Crippen molar-refractivity contribution in [2.24, 2.45) is 0 Å². The van der Waals surface area contributed by atoms with Gasteiger partial charge in [0.1, 0.15) is 11.4 Å². The largest absolute Gasteiger partial charge is 0.465 e. The van der Waals surface area contributed by atoms with E-state index in [1.165, 1.54) is 7.11 Å². The number of rotatable bonds is 2. The molecule has 2 N–H and O–H groups in total. The van der Waals surface area contributed by atoms with E-state index in [9.17, 15) is 4.79 Å². The van der Waals surface area contributed by atoms with Gasteiger partial charge in [-0.1, -0.05) is 23.8 Å². The summed E-state index contributed by atoms with van der Waals surface area (Å²) in [5.74, 6) is -0.262. The SMILES string of the molecule is COC(=O)c1c(C)cc(-c2cccc(C)c2)nc1N. The molecule has 0 aliphatic heterocycles. The first-order valence-electron chi connectivity index (χ1n) is 5.95. The summed E-state index contributed by atoms with van der Waals surface area (Å²) in [4.78, 5) is 15.9. The second kappa shape index (κ2) is 5.10. The van der Waals surface area contributed by atoms with Crippen LogP contribution in [0.5, 0.6) is 0 Å². The fraction of sp³-hybridized carbons (Fsp3) is 0.200. The summed E-state index contributed by atoms with van der Waals surface area (Å²) in [5, 5.41) is 0. The standard InChI is InChI=1S/C15H16N2O2/c1-9-5-4-6-11(7-9)12-8-10(2)13(14(16)17-12)15(18)19-3/h4-8H,1-3H3,(H2,16,17). The van der Waals surface area contributed by atoms with Gasteiger partial charge in [0.2, 0.25) is 0 Å². The minimum absolute atomic E-state index is 0.198. The van der Waals surface area contributed by atoms with Gasteiger partial charge in [0, 0.05) is 5.56 Å². The van der Waals surface area contributed by atoms with E-state index < -0.39 is 5.97 Å². The van der Waals surface area contributed by atoms with Crippen LogP contribution in [0.25, 0.3) is 11.3 Å². The number of benzene rings is 1. The molecular weight excluding hydrogens is 240 g/mol. The summed E-state index contributed by atoms with van der Waals surface area (Å²) in [5.41, 5.74) is 9.83. The van der Waals surface area contributed by atoms with Crippen LogP contribution < -0.4 is 5.73 Å². The summed E-state index contributed by atoms with van der Waals surface area (Å²) >= 11 is 0. The first-order valence-corrected chi connectivity index (χ1v) is 5.95. The van der Waals surface area contributed by atoms with Crippen LogP contribution in [0.15, 0.2) is 30.3 Å². The Kier molecular flexibility index (Phi) is 3.51. The zero-order valence-electron chi connectivity index (χ0n) is 11.2. The van der Waals surface area contributed by atoms with Gasteiger partial charge in [-0.25, -0.2) is 9.78 Å². The number of carbonyl (C=O) groups is 1. The topological polar surface area (TPSA) is 65.2 Å². The minimum atomic E-state index is -0.460. The number of nitrogens with zero attached hydrogens (tertiary/aromatic N) is 1. The van der Waals surface area contributed by atoms with E-state index >= 15 is 0 Å². The Labute approximate surface area is 112 Å². The fourth-order valence-electron chi connectivity index (χ4n) is 2.02. The molecule has 0 saturated heterocycles. The molecule has 1 heterocycles. The average molecular weight is 256 g/mol. The van der Waals surface area contributed by atoms with Crippen LogP contribution in [-0.4, -0.2) is 18.1 Å². The fourth-order valence-corrected chi connectivity index (χ4v) is 2.02. The maximum atomic E-state index is 11.6. The number of nitrogens with two attached hydrogens (primary N) is 1. The summed E-state index contributed by atoms with van der Waals surface area (Å²) in [6.45, 7) is 3.84. The normalized spacial score (nSPS) is 10.3. The lowest BCUT2D eigenvalue weighted by molar-refractivity contribution is 0.0601. The van der Waals surface area contributed by atoms with Gasteiger partial charge in [-0.15, -0.1) is 0 Å². The molecule has 0 amide bonds. The first-order chi connectivity index (χ1) is 9.02. The van der Waals surface area contributed by atoms with Gasteiger partial charge in [-0.2, -0.15) is 0 Å². The van der Waals surface area contributed by atoms with Gasteiger partial charge in [0.05, 0.1) is 12.8 Å². The third-order valence-electron chi connectivity index (χ3n) is 2.95. The van der Waals surface area contributed by atoms with Gasteiger partial charge in [0.15, 0.2) is 0 Å². The second-order valence-electron chi connectivity index (χ2n) is 4.45. The highest BCUT2D eigenvalue weighted by Crippen LogP contribution is 2.24. The van der Waals surface area contributed by atoms with Crippen LogP contribution in [0.1, 0.15) is 21.5 Å². The molecule has 0 fully saturated rings. The number of pyridine rings is 1. The van der Waals surface area contributed by atoms with E-state index in [2.05, 4.69) is 4.98 Å². The van der Waals surface area contributed by atoms with Crippen molar-refractivity contribution in [1.29, 1.82) is 0 Å². The molecule has 2 aromatic rings. The molecule has 0 spiro atoms. The number of anilines is 1. The number of ether oxygens (including phenoxy) is 1. The van der Waals surface area contributed by atoms with E-state index in [0.717, 1.165) is 22.4 Å². The summed E-state index contributed by atoms with van der Waals surface area (Å²) in [7, 11) is 1.33. The number of carbonyl (C=O) groups excluding carboxylic acids is 1. The van der Waals surface area contributed by atoms with Crippen molar-refractivity contribution in [1.82, 2.24) is 4.98 Å². The Bertz CT molecular complexity index is 613. The highest BCUT2D eigenvalue weighted by Gasteiger charge is 2.16. The van der Waals surface area contributed by atoms with E-state index in [-0.39, 0.29) is 5.82 Å². The molecule has 4 heteroatoms. The highest BCUT2D eigenvalue weighted by atomic mass is 16.5. The molecule has 1 aromatic heterocycles. The predicted molar refractivity (Wildman–Crippen MR) is 74.9 cm³/mol. The van der Waals surface area contributed by atoms with Crippen molar-refractivity contribution in [3.05, 3.63) is 47.0 Å². The second-order valence-corrected chi connectivity index (χ2v) is 4.45. The van der Waals surface area contributed by atoms with Crippen molar-refractivity contribution < 1.29 is 9.53 Å². The van der Waals surface area contributed by atoms with E-state index in [0.29, 0.717) is 5.56 Å². The Morgan fingerprint density at radius 1 is 1.26 bits per heavy atom. The van der Waals surface area contributed by atoms with Crippen molar-refractivity contribution in [2.75, 3.05) is 12.8 Å². The molecule has 0 unspecified atom stereocenters. The number of hydrogen-bond donors (Lipinski definition) is 1. The Hall–Kier alpha value is -2.36. The lowest BCUT2D eigenvalue weighted by Gasteiger charge is -2.10. The molecule has 4 nitrogen and oxygen atoms in total. The molecule has 19 heavy (non-hydrogen) atoms. The van der Waals surface area contributed by atoms with Gasteiger partial charge in [0.25, 0.3) is 0 Å². The third kappa shape index (κ3) is 2.57. The maximum absolute atomic E-state index is 11.6. The third-order valence-corrected chi connectivity index (χ3v) is 2.95. The average Bonchev–Trinajstić information content (AvgIpc) is 2.37. The van der Waals surface area contributed by atoms with Crippen molar-refractivity contribution in [3.8, 4) is 11.3 Å². The quantitative estimate of drug-likeness (QED) is 0.839. The van der Waals surface area contributed by atoms with Crippen LogP contribution in [0.3, 0.4) is 0 Å². The van der Waals surface area contributed by atoms with Gasteiger partial charge >= 0.3 is 5.97 Å². The highest BCUT2D eigenvalue weighted by molar-refractivity contribution is 5.96. The summed E-state index contributed by atoms with van der Waals surface area (Å²) < 4.78 is 4.70. The van der Waals surface area contributed by atoms with Crippen molar-refractivity contribution in [2.45, 2.75) is 13.8 Å². The molecular formula is C15H16N2O2. The van der Waals surface area contributed by atoms with Crippen molar-refractivity contribution >= 4 is 11.8 Å². The smallest absolute Gasteiger partial charge is 0.341 e. The van der Waals surface area contributed by atoms with E-state index in [4.69, 9.17) is 10.5 Å². The van der Waals surface area contributed by atoms with Crippen molar-refractivity contribution in [3.63, 3.8) is 0 Å². The maximum Gasteiger partial charge on any atom is 0.341 e. The van der Waals surface area contributed by atoms with Gasteiger partial charge in [-0.3, -0.25) is 0 Å². The van der Waals surface area contributed by atoms with Crippen LogP contribution in [0, 0.1) is 13.8 Å². The number of aromatic nitrogens is 1. The van der Waals surface area contributed by atoms with Gasteiger partial charge < -0.3 is 10.5 Å². The molecule has 0 radical (unpaired) electrons. The Balaban J connectivity index is 2.54. The Morgan fingerprint density at radius 3 is 2.58 bits per heavy atom. The van der Waals surface area contributed by atoms with Gasteiger partial charge in [-0.05, 0) is 31.5 Å². The monoisotopic (exact) mass is 256 g/mol. The summed E-state index contributed by atoms with van der Waals surface area (Å²) in [6.07, 6.45) is 0. The lowest BCUT2D eigenvalue weighted by atomic mass is 10.0. The number of nitrogen functional groups attached to an aromatic ring is 1. The number of aryl methyl sites for hydroxylation is 2. The minimum Gasteiger partial charge on any atom is -0.465 e. The zero-order valence-corrected chi connectivity index (χ0v) is 11.2. The van der Waals surface area contributed by atoms with E-state index in [1.807, 2.05) is 44.2 Å². The molecule has 0 atom stereocenters. The molecule has 0 aliphatic carbocycles. The number of hydrogen-bond acceptors (Lipinski definition) is 4. The molecule has 98 valence electrons. The van der Waals surface area contributed by atoms with Crippen LogP contribution in [0.2, 0.25) is 0 Å². The molecule has 1 aromatic carbocycles. The van der Waals surface area contributed by atoms with E-state index in [1.54, 1.807) is 0 Å². The van der Waals surface area contributed by atoms with Crippen LogP contribution in [-0.2, 0) is 4.74 Å². The first kappa shape index (κ1) is 13.1. The summed E-state index contributed by atoms with van der Waals surface area (Å²) in [6, 6.07) is 9.82. The lowest BCUT2D eigenvalue weighted by Crippen LogP contribution is -2.10. The number of methoxy groups -OCH3 is 1. The zero-order chi connectivity index (χ0) is 14.0. The predicted octanol–water partition coefficient (Wildman–Crippen LogP) is 2.73. The molecule has 0 saturated carbocycles. The molecule has 0 bridgehead atoms. The van der Waals surface area contributed by atoms with Crippen LogP contribution in [0.4, 0.5) is 5.82 Å².